The molecule has 6 heteroatoms. The van der Waals surface area contributed by atoms with Crippen molar-refractivity contribution in [3.63, 3.8) is 0 Å². The number of halogens is 2. The summed E-state index contributed by atoms with van der Waals surface area (Å²) in [4.78, 5) is 24.0. The molecule has 1 fully saturated rings. The number of hydrogen-bond acceptors (Lipinski definition) is 3. The van der Waals surface area contributed by atoms with Gasteiger partial charge in [-0.25, -0.2) is 13.7 Å². The minimum Gasteiger partial charge on any atom is -0.274 e. The van der Waals surface area contributed by atoms with Crippen molar-refractivity contribution in [2.45, 2.75) is 31.4 Å². The first kappa shape index (κ1) is 14.0. The zero-order valence-electron chi connectivity index (χ0n) is 10.5. The number of anilines is 1. The lowest BCUT2D eigenvalue weighted by Gasteiger charge is -2.17. The van der Waals surface area contributed by atoms with Gasteiger partial charge in [-0.3, -0.25) is 9.59 Å². The van der Waals surface area contributed by atoms with Crippen LogP contribution in [-0.2, 0) is 9.59 Å². The predicted octanol–water partition coefficient (Wildman–Crippen LogP) is 2.65. The van der Waals surface area contributed by atoms with Crippen LogP contribution < -0.4 is 4.90 Å². The van der Waals surface area contributed by atoms with Gasteiger partial charge in [-0.05, 0) is 17.5 Å². The normalized spacial score (nSPS) is 19.7. The second-order valence-electron chi connectivity index (χ2n) is 4.74. The Morgan fingerprint density at radius 2 is 1.89 bits per heavy atom. The molecule has 1 aromatic carbocycles. The van der Waals surface area contributed by atoms with Gasteiger partial charge in [0.15, 0.2) is 11.6 Å². The van der Waals surface area contributed by atoms with Crippen LogP contribution in [0.1, 0.15) is 31.7 Å². The first-order valence-corrected chi connectivity index (χ1v) is 6.39. The molecular formula is C13H13F2NO2S. The van der Waals surface area contributed by atoms with Crippen molar-refractivity contribution in [2.75, 3.05) is 4.90 Å². The summed E-state index contributed by atoms with van der Waals surface area (Å²) in [5.41, 5.74) is -0.129. The second-order valence-corrected chi connectivity index (χ2v) is 5.37. The lowest BCUT2D eigenvalue weighted by atomic mass is 10.0. The van der Waals surface area contributed by atoms with Crippen molar-refractivity contribution in [3.8, 4) is 0 Å². The molecule has 1 atom stereocenters. The summed E-state index contributed by atoms with van der Waals surface area (Å²) in [5, 5.41) is -0.792. The first-order chi connectivity index (χ1) is 8.84. The number of amides is 2. The second kappa shape index (κ2) is 4.92. The highest BCUT2D eigenvalue weighted by Crippen LogP contribution is 2.32. The summed E-state index contributed by atoms with van der Waals surface area (Å²) in [6, 6.07) is 2.65. The van der Waals surface area contributed by atoms with Crippen molar-refractivity contribution in [2.24, 2.45) is 0 Å². The van der Waals surface area contributed by atoms with Crippen LogP contribution in [0.3, 0.4) is 0 Å². The summed E-state index contributed by atoms with van der Waals surface area (Å²) in [6.45, 7) is 3.46. The van der Waals surface area contributed by atoms with Crippen LogP contribution in [0.5, 0.6) is 0 Å². The van der Waals surface area contributed by atoms with E-state index >= 15 is 0 Å². The Morgan fingerprint density at radius 1 is 1.26 bits per heavy atom. The van der Waals surface area contributed by atoms with Crippen molar-refractivity contribution in [1.29, 1.82) is 0 Å². The zero-order valence-corrected chi connectivity index (χ0v) is 11.4. The van der Waals surface area contributed by atoms with Gasteiger partial charge in [-0.2, -0.15) is 12.6 Å². The molecule has 2 amide bonds. The number of hydrogen-bond donors (Lipinski definition) is 1. The number of carbonyl (C=O) groups is 2. The quantitative estimate of drug-likeness (QED) is 0.670. The summed E-state index contributed by atoms with van der Waals surface area (Å²) in [5.74, 6) is -3.57. The highest BCUT2D eigenvalue weighted by molar-refractivity contribution is 7.82. The van der Waals surface area contributed by atoms with Gasteiger partial charge in [-0.15, -0.1) is 0 Å². The standard InChI is InChI=1S/C13H13F2NO2S/c1-6(2)7-3-4-8(12(15)11(7)14)16-10(17)5-9(19)13(16)18/h3-4,6,9,19H,5H2,1-2H3. The van der Waals surface area contributed by atoms with Crippen molar-refractivity contribution >= 4 is 30.1 Å². The van der Waals surface area contributed by atoms with Gasteiger partial charge in [0, 0.05) is 6.42 Å². The monoisotopic (exact) mass is 285 g/mol. The van der Waals surface area contributed by atoms with E-state index < -0.39 is 28.7 Å². The summed E-state index contributed by atoms with van der Waals surface area (Å²) in [6.07, 6.45) is -0.102. The molecular weight excluding hydrogens is 272 g/mol. The molecule has 0 N–H and O–H groups in total. The van der Waals surface area contributed by atoms with Crippen molar-refractivity contribution in [3.05, 3.63) is 29.3 Å². The van der Waals surface area contributed by atoms with E-state index in [0.29, 0.717) is 4.90 Å². The molecule has 0 aromatic heterocycles. The Labute approximate surface area is 115 Å². The third-order valence-corrected chi connectivity index (χ3v) is 3.48. The molecule has 0 aliphatic carbocycles. The van der Waals surface area contributed by atoms with Gasteiger partial charge in [0.25, 0.3) is 0 Å². The van der Waals surface area contributed by atoms with E-state index in [0.717, 1.165) is 0 Å². The van der Waals surface area contributed by atoms with Crippen LogP contribution >= 0.6 is 12.6 Å². The Bertz CT molecular complexity index is 560. The number of carbonyl (C=O) groups excluding carboxylic acids is 2. The van der Waals surface area contributed by atoms with E-state index in [-0.39, 0.29) is 23.6 Å². The Morgan fingerprint density at radius 3 is 2.37 bits per heavy atom. The number of nitrogens with zero attached hydrogens (tertiary/aromatic N) is 1. The lowest BCUT2D eigenvalue weighted by Crippen LogP contribution is -2.31. The SMILES string of the molecule is CC(C)c1ccc(N2C(=O)CC(S)C2=O)c(F)c1F. The van der Waals surface area contributed by atoms with Crippen LogP contribution in [0.2, 0.25) is 0 Å². The van der Waals surface area contributed by atoms with Crippen molar-refractivity contribution in [1.82, 2.24) is 0 Å². The molecule has 1 aliphatic rings. The average molecular weight is 285 g/mol. The number of thiol groups is 1. The molecule has 1 unspecified atom stereocenters. The van der Waals surface area contributed by atoms with E-state index in [1.807, 2.05) is 0 Å². The van der Waals surface area contributed by atoms with Crippen LogP contribution in [0.15, 0.2) is 12.1 Å². The number of benzene rings is 1. The van der Waals surface area contributed by atoms with Crippen LogP contribution in [-0.4, -0.2) is 17.1 Å². The van der Waals surface area contributed by atoms with Crippen molar-refractivity contribution < 1.29 is 18.4 Å². The first-order valence-electron chi connectivity index (χ1n) is 5.87. The van der Waals surface area contributed by atoms with Crippen LogP contribution in [0.4, 0.5) is 14.5 Å². The minimum absolute atomic E-state index is 0.102. The molecule has 102 valence electrons. The third kappa shape index (κ3) is 2.25. The van der Waals surface area contributed by atoms with Gasteiger partial charge < -0.3 is 0 Å². The fourth-order valence-corrected chi connectivity index (χ4v) is 2.31. The minimum atomic E-state index is -1.17. The topological polar surface area (TPSA) is 37.4 Å². The molecule has 1 aliphatic heterocycles. The molecule has 1 saturated heterocycles. The van der Waals surface area contributed by atoms with E-state index in [1.54, 1.807) is 13.8 Å². The Balaban J connectivity index is 2.50. The molecule has 3 nitrogen and oxygen atoms in total. The summed E-state index contributed by atoms with van der Waals surface area (Å²) < 4.78 is 27.9. The van der Waals surface area contributed by atoms with Gasteiger partial charge in [0.05, 0.1) is 10.9 Å². The van der Waals surface area contributed by atoms with Gasteiger partial charge in [0.2, 0.25) is 11.8 Å². The van der Waals surface area contributed by atoms with E-state index in [1.165, 1.54) is 12.1 Å². The van der Waals surface area contributed by atoms with E-state index in [4.69, 9.17) is 0 Å². The zero-order chi connectivity index (χ0) is 14.3. The highest BCUT2D eigenvalue weighted by Gasteiger charge is 2.39. The number of imide groups is 1. The highest BCUT2D eigenvalue weighted by atomic mass is 32.1. The number of rotatable bonds is 2. The maximum Gasteiger partial charge on any atom is 0.247 e. The van der Waals surface area contributed by atoms with Gasteiger partial charge in [0.1, 0.15) is 0 Å². The summed E-state index contributed by atoms with van der Waals surface area (Å²) >= 11 is 3.94. The van der Waals surface area contributed by atoms with Crippen LogP contribution in [0.25, 0.3) is 0 Å². The van der Waals surface area contributed by atoms with Gasteiger partial charge >= 0.3 is 0 Å². The molecule has 1 heterocycles. The van der Waals surface area contributed by atoms with Gasteiger partial charge in [-0.1, -0.05) is 19.9 Å². The molecule has 0 bridgehead atoms. The molecule has 19 heavy (non-hydrogen) atoms. The summed E-state index contributed by atoms with van der Waals surface area (Å²) in [7, 11) is 0. The fraction of sp³-hybridized carbons (Fsp3) is 0.385. The van der Waals surface area contributed by atoms with E-state index in [2.05, 4.69) is 12.6 Å². The third-order valence-electron chi connectivity index (χ3n) is 3.08. The molecule has 0 spiro atoms. The Kier molecular flexibility index (Phi) is 3.62. The molecule has 2 rings (SSSR count). The molecule has 0 radical (unpaired) electrons. The maximum absolute atomic E-state index is 14.0. The molecule has 0 saturated carbocycles. The average Bonchev–Trinajstić information content (AvgIpc) is 2.57. The van der Waals surface area contributed by atoms with E-state index in [9.17, 15) is 18.4 Å². The smallest absolute Gasteiger partial charge is 0.247 e. The predicted molar refractivity (Wildman–Crippen MR) is 70.3 cm³/mol. The fourth-order valence-electron chi connectivity index (χ4n) is 2.04. The van der Waals surface area contributed by atoms with Crippen LogP contribution in [0, 0.1) is 11.6 Å². The lowest BCUT2D eigenvalue weighted by molar-refractivity contribution is -0.121. The maximum atomic E-state index is 14.0. The molecule has 1 aromatic rings. The Hall–Kier alpha value is -1.43. The largest absolute Gasteiger partial charge is 0.274 e.